The quantitative estimate of drug-likeness (QED) is 0.256. The Morgan fingerprint density at radius 3 is 2.03 bits per heavy atom. The van der Waals surface area contributed by atoms with E-state index in [2.05, 4.69) is 5.32 Å². The van der Waals surface area contributed by atoms with E-state index in [1.807, 2.05) is 36.4 Å². The minimum atomic E-state index is -0.369. The standard InChI is InChI=1S/C28H18Cl2N2O3/c29-21-14-8-15-22(30)24(21)25-28(32-26(34)17-9-2-1-3-10-17)35-27(31-25)20-13-5-4-11-18(20)19-12-6-7-16-23(19)33/h1-16,33H,(H,32,34). The van der Waals surface area contributed by atoms with Gasteiger partial charge in [-0.2, -0.15) is 0 Å². The van der Waals surface area contributed by atoms with Crippen LogP contribution in [0.5, 0.6) is 5.75 Å². The monoisotopic (exact) mass is 500 g/mol. The Morgan fingerprint density at radius 1 is 0.743 bits per heavy atom. The molecule has 0 aliphatic heterocycles. The molecule has 4 aromatic carbocycles. The second kappa shape index (κ2) is 9.66. The zero-order valence-electron chi connectivity index (χ0n) is 18.2. The van der Waals surface area contributed by atoms with Crippen LogP contribution in [0, 0.1) is 0 Å². The van der Waals surface area contributed by atoms with E-state index in [9.17, 15) is 9.90 Å². The Morgan fingerprint density at radius 2 is 1.34 bits per heavy atom. The number of phenolic OH excluding ortho intramolecular Hbond substituents is 1. The Kier molecular flexibility index (Phi) is 6.27. The van der Waals surface area contributed by atoms with Gasteiger partial charge in [0, 0.05) is 22.3 Å². The minimum absolute atomic E-state index is 0.107. The van der Waals surface area contributed by atoms with Gasteiger partial charge in [0.25, 0.3) is 5.91 Å². The van der Waals surface area contributed by atoms with Crippen molar-refractivity contribution in [2.24, 2.45) is 0 Å². The van der Waals surface area contributed by atoms with Crippen molar-refractivity contribution in [3.8, 4) is 39.6 Å². The predicted molar refractivity (Wildman–Crippen MR) is 139 cm³/mol. The number of oxazole rings is 1. The van der Waals surface area contributed by atoms with E-state index in [1.165, 1.54) is 0 Å². The highest BCUT2D eigenvalue weighted by atomic mass is 35.5. The van der Waals surface area contributed by atoms with E-state index in [0.717, 1.165) is 0 Å². The lowest BCUT2D eigenvalue weighted by molar-refractivity contribution is 0.102. The first-order valence-electron chi connectivity index (χ1n) is 10.7. The largest absolute Gasteiger partial charge is 0.507 e. The number of anilines is 1. The van der Waals surface area contributed by atoms with Crippen molar-refractivity contribution in [2.45, 2.75) is 0 Å². The Labute approximate surface area is 211 Å². The number of phenols is 1. The summed E-state index contributed by atoms with van der Waals surface area (Å²) in [6, 6.07) is 28.3. The van der Waals surface area contributed by atoms with Gasteiger partial charge in [-0.1, -0.05) is 83.9 Å². The maximum atomic E-state index is 12.9. The molecule has 0 fully saturated rings. The molecule has 5 aromatic rings. The van der Waals surface area contributed by atoms with Crippen molar-refractivity contribution in [2.75, 3.05) is 5.32 Å². The average Bonchev–Trinajstić information content (AvgIpc) is 3.28. The number of halogens is 2. The lowest BCUT2D eigenvalue weighted by Gasteiger charge is -2.08. The number of nitrogens with one attached hydrogen (secondary N) is 1. The Hall–Kier alpha value is -4.06. The molecule has 7 heteroatoms. The van der Waals surface area contributed by atoms with Crippen LogP contribution in [0.1, 0.15) is 10.4 Å². The highest BCUT2D eigenvalue weighted by Gasteiger charge is 2.24. The third-order valence-corrected chi connectivity index (χ3v) is 6.07. The molecule has 0 spiro atoms. The maximum Gasteiger partial charge on any atom is 0.258 e. The number of rotatable bonds is 5. The van der Waals surface area contributed by atoms with Crippen LogP contribution < -0.4 is 5.32 Å². The molecule has 0 aliphatic rings. The molecule has 1 heterocycles. The van der Waals surface area contributed by atoms with E-state index in [4.69, 9.17) is 32.6 Å². The van der Waals surface area contributed by atoms with Crippen molar-refractivity contribution >= 4 is 35.0 Å². The van der Waals surface area contributed by atoms with E-state index < -0.39 is 0 Å². The predicted octanol–water partition coefficient (Wildman–Crippen LogP) is 7.94. The fourth-order valence-corrected chi connectivity index (χ4v) is 4.36. The first kappa shape index (κ1) is 22.7. The topological polar surface area (TPSA) is 75.4 Å². The summed E-state index contributed by atoms with van der Waals surface area (Å²) in [7, 11) is 0. The van der Waals surface area contributed by atoms with Gasteiger partial charge in [0.05, 0.1) is 10.0 Å². The van der Waals surface area contributed by atoms with Gasteiger partial charge in [0.15, 0.2) is 0 Å². The molecule has 172 valence electrons. The third kappa shape index (κ3) is 4.52. The number of nitrogens with zero attached hydrogens (tertiary/aromatic N) is 1. The van der Waals surface area contributed by atoms with E-state index in [1.54, 1.807) is 60.7 Å². The molecule has 5 rings (SSSR count). The Bertz CT molecular complexity index is 1510. The van der Waals surface area contributed by atoms with Crippen LogP contribution in [0.15, 0.2) is 101 Å². The third-order valence-electron chi connectivity index (χ3n) is 5.44. The van der Waals surface area contributed by atoms with Crippen LogP contribution in [-0.2, 0) is 0 Å². The zero-order chi connectivity index (χ0) is 24.4. The van der Waals surface area contributed by atoms with Crippen LogP contribution in [0.2, 0.25) is 10.0 Å². The highest BCUT2D eigenvalue weighted by molar-refractivity contribution is 6.39. The summed E-state index contributed by atoms with van der Waals surface area (Å²) in [5, 5.41) is 14.0. The van der Waals surface area contributed by atoms with Gasteiger partial charge < -0.3 is 9.52 Å². The molecular formula is C28H18Cl2N2O3. The van der Waals surface area contributed by atoms with Crippen molar-refractivity contribution in [1.82, 2.24) is 4.98 Å². The number of hydrogen-bond donors (Lipinski definition) is 2. The van der Waals surface area contributed by atoms with Crippen molar-refractivity contribution in [3.05, 3.63) is 113 Å². The summed E-state index contributed by atoms with van der Waals surface area (Å²) in [5.74, 6) is 0.0966. The molecule has 5 nitrogen and oxygen atoms in total. The summed E-state index contributed by atoms with van der Waals surface area (Å²) in [6.45, 7) is 0. The smallest absolute Gasteiger partial charge is 0.258 e. The number of aromatic hydroxyl groups is 1. The number of amides is 1. The summed E-state index contributed by atoms with van der Waals surface area (Å²) >= 11 is 13.0. The van der Waals surface area contributed by atoms with Gasteiger partial charge in [-0.3, -0.25) is 10.1 Å². The van der Waals surface area contributed by atoms with E-state index in [-0.39, 0.29) is 23.4 Å². The normalized spacial score (nSPS) is 10.8. The highest BCUT2D eigenvalue weighted by Crippen LogP contribution is 2.43. The van der Waals surface area contributed by atoms with Gasteiger partial charge in [0.2, 0.25) is 11.8 Å². The SMILES string of the molecule is O=C(Nc1oc(-c2ccccc2-c2ccccc2O)nc1-c1c(Cl)cccc1Cl)c1ccccc1. The van der Waals surface area contributed by atoms with Gasteiger partial charge in [-0.05, 0) is 42.0 Å². The van der Waals surface area contributed by atoms with Crippen LogP contribution in [-0.4, -0.2) is 16.0 Å². The minimum Gasteiger partial charge on any atom is -0.507 e. The molecule has 35 heavy (non-hydrogen) atoms. The average molecular weight is 501 g/mol. The Balaban J connectivity index is 1.67. The fourth-order valence-electron chi connectivity index (χ4n) is 3.78. The molecule has 0 saturated heterocycles. The lowest BCUT2D eigenvalue weighted by atomic mass is 9.99. The molecule has 2 N–H and O–H groups in total. The van der Waals surface area contributed by atoms with Gasteiger partial charge in [-0.25, -0.2) is 4.98 Å². The van der Waals surface area contributed by atoms with E-state index in [0.29, 0.717) is 43.6 Å². The zero-order valence-corrected chi connectivity index (χ0v) is 19.7. The lowest BCUT2D eigenvalue weighted by Crippen LogP contribution is -2.11. The second-order valence-electron chi connectivity index (χ2n) is 7.68. The number of carbonyl (C=O) groups excluding carboxylic acids is 1. The van der Waals surface area contributed by atoms with Crippen LogP contribution in [0.3, 0.4) is 0 Å². The summed E-state index contributed by atoms with van der Waals surface area (Å²) in [4.78, 5) is 17.7. The molecule has 0 bridgehead atoms. The number of aromatic nitrogens is 1. The molecule has 0 saturated carbocycles. The number of carbonyl (C=O) groups is 1. The molecule has 1 amide bonds. The van der Waals surface area contributed by atoms with Gasteiger partial charge >= 0.3 is 0 Å². The van der Waals surface area contributed by atoms with Crippen LogP contribution in [0.4, 0.5) is 5.88 Å². The maximum absolute atomic E-state index is 12.9. The molecule has 0 atom stereocenters. The first-order valence-corrected chi connectivity index (χ1v) is 11.5. The van der Waals surface area contributed by atoms with Crippen molar-refractivity contribution < 1.29 is 14.3 Å². The molecule has 0 unspecified atom stereocenters. The van der Waals surface area contributed by atoms with Crippen molar-refractivity contribution in [3.63, 3.8) is 0 Å². The molecule has 0 aliphatic carbocycles. The summed E-state index contributed by atoms with van der Waals surface area (Å²) in [5.41, 5.74) is 3.15. The molecule has 0 radical (unpaired) electrons. The van der Waals surface area contributed by atoms with Crippen LogP contribution in [0.25, 0.3) is 33.8 Å². The van der Waals surface area contributed by atoms with Crippen molar-refractivity contribution in [1.29, 1.82) is 0 Å². The van der Waals surface area contributed by atoms with Crippen LogP contribution >= 0.6 is 23.2 Å². The summed E-state index contributed by atoms with van der Waals surface area (Å²) in [6.07, 6.45) is 0. The first-order chi connectivity index (χ1) is 17.0. The van der Waals surface area contributed by atoms with Gasteiger partial charge in [0.1, 0.15) is 11.4 Å². The molecular weight excluding hydrogens is 483 g/mol. The van der Waals surface area contributed by atoms with E-state index >= 15 is 0 Å². The van der Waals surface area contributed by atoms with Gasteiger partial charge in [-0.15, -0.1) is 0 Å². The number of hydrogen-bond acceptors (Lipinski definition) is 4. The molecule has 1 aromatic heterocycles. The summed E-state index contributed by atoms with van der Waals surface area (Å²) < 4.78 is 6.12. The fraction of sp³-hybridized carbons (Fsp3) is 0. The second-order valence-corrected chi connectivity index (χ2v) is 8.49. The number of benzene rings is 4. The number of para-hydroxylation sites is 1.